The number of amides is 2. The van der Waals surface area contributed by atoms with Crippen LogP contribution in [0.4, 0.5) is 0 Å². The van der Waals surface area contributed by atoms with Gasteiger partial charge in [0.2, 0.25) is 11.8 Å². The molecule has 0 aromatic heterocycles. The van der Waals surface area contributed by atoms with E-state index in [1.165, 1.54) is 4.90 Å². The molecule has 2 N–H and O–H groups in total. The molecule has 7 nitrogen and oxygen atoms in total. The zero-order valence-corrected chi connectivity index (χ0v) is 18.8. The Labute approximate surface area is 179 Å². The predicted molar refractivity (Wildman–Crippen MR) is 117 cm³/mol. The van der Waals surface area contributed by atoms with Crippen molar-refractivity contribution >= 4 is 41.8 Å². The van der Waals surface area contributed by atoms with Crippen LogP contribution in [0.1, 0.15) is 19.8 Å². The van der Waals surface area contributed by atoms with Crippen LogP contribution >= 0.6 is 24.0 Å². The minimum Gasteiger partial charge on any atom is -0.357 e. The van der Waals surface area contributed by atoms with Gasteiger partial charge in [-0.05, 0) is 52.2 Å². The standard InChI is InChI=1S/C19H31N5O2.HI/c1-4-20-19(21-8-5-10-23(2)3)22-9-11-24-17(25)15-13-6-7-14(12-13)16(15)18(24)26;/h6-7,13-16H,4-5,8-12H2,1-3H3,(H2,20,21,22);1H. The highest BCUT2D eigenvalue weighted by atomic mass is 127. The molecule has 1 aliphatic heterocycles. The van der Waals surface area contributed by atoms with Gasteiger partial charge in [-0.25, -0.2) is 0 Å². The van der Waals surface area contributed by atoms with Gasteiger partial charge in [0.15, 0.2) is 5.96 Å². The number of carbonyl (C=O) groups excluding carboxylic acids is 2. The van der Waals surface area contributed by atoms with Crippen LogP contribution in [0.3, 0.4) is 0 Å². The molecule has 8 heteroatoms. The molecule has 3 rings (SSSR count). The number of allylic oxidation sites excluding steroid dienone is 2. The number of nitrogens with one attached hydrogen (secondary N) is 2. The minimum atomic E-state index is -0.106. The van der Waals surface area contributed by atoms with Crippen LogP contribution < -0.4 is 10.6 Å². The third kappa shape index (κ3) is 4.82. The van der Waals surface area contributed by atoms with Crippen molar-refractivity contribution < 1.29 is 9.59 Å². The number of carbonyl (C=O) groups is 2. The van der Waals surface area contributed by atoms with Gasteiger partial charge in [-0.2, -0.15) is 0 Å². The summed E-state index contributed by atoms with van der Waals surface area (Å²) < 4.78 is 0. The van der Waals surface area contributed by atoms with Crippen molar-refractivity contribution in [1.82, 2.24) is 20.4 Å². The van der Waals surface area contributed by atoms with E-state index in [0.29, 0.717) is 13.1 Å². The lowest BCUT2D eigenvalue weighted by atomic mass is 9.85. The first-order valence-corrected chi connectivity index (χ1v) is 9.73. The number of fused-ring (bicyclic) bond motifs is 5. The Bertz CT molecular complexity index is 577. The SMILES string of the molecule is CCNC(=NCCCN(C)C)NCCN1C(=O)C2C3C=CC(C3)C2C1=O.I. The maximum absolute atomic E-state index is 12.7. The van der Waals surface area contributed by atoms with E-state index in [-0.39, 0.29) is 59.5 Å². The molecule has 1 saturated heterocycles. The molecular weight excluding hydrogens is 457 g/mol. The van der Waals surface area contributed by atoms with Crippen LogP contribution in [-0.2, 0) is 9.59 Å². The summed E-state index contributed by atoms with van der Waals surface area (Å²) in [6.07, 6.45) is 6.22. The minimum absolute atomic E-state index is 0. The summed E-state index contributed by atoms with van der Waals surface area (Å²) in [5, 5.41) is 6.45. The van der Waals surface area contributed by atoms with Gasteiger partial charge >= 0.3 is 0 Å². The molecule has 1 saturated carbocycles. The fourth-order valence-electron chi connectivity index (χ4n) is 4.39. The third-order valence-electron chi connectivity index (χ3n) is 5.57. The molecule has 0 radical (unpaired) electrons. The molecule has 3 aliphatic rings. The van der Waals surface area contributed by atoms with Crippen molar-refractivity contribution in [2.75, 3.05) is 46.8 Å². The lowest BCUT2D eigenvalue weighted by Gasteiger charge is -2.18. The number of likely N-dealkylation sites (tertiary alicyclic amines) is 1. The van der Waals surface area contributed by atoms with Gasteiger partial charge in [0.25, 0.3) is 0 Å². The van der Waals surface area contributed by atoms with E-state index in [9.17, 15) is 9.59 Å². The molecule has 0 spiro atoms. The average molecular weight is 489 g/mol. The quantitative estimate of drug-likeness (QED) is 0.133. The lowest BCUT2D eigenvalue weighted by molar-refractivity contribution is -0.140. The van der Waals surface area contributed by atoms with Crippen molar-refractivity contribution in [3.63, 3.8) is 0 Å². The van der Waals surface area contributed by atoms with Crippen molar-refractivity contribution in [1.29, 1.82) is 0 Å². The highest BCUT2D eigenvalue weighted by Gasteiger charge is 2.58. The molecule has 0 aromatic carbocycles. The zero-order chi connectivity index (χ0) is 18.7. The molecule has 2 fully saturated rings. The molecular formula is C19H32IN5O2. The molecule has 2 amide bonds. The number of guanidine groups is 1. The highest BCUT2D eigenvalue weighted by Crippen LogP contribution is 2.52. The summed E-state index contributed by atoms with van der Waals surface area (Å²) in [5.74, 6) is 1.12. The van der Waals surface area contributed by atoms with Gasteiger partial charge in [-0.15, -0.1) is 24.0 Å². The van der Waals surface area contributed by atoms with E-state index in [1.807, 2.05) is 21.0 Å². The molecule has 27 heavy (non-hydrogen) atoms. The van der Waals surface area contributed by atoms with Gasteiger partial charge in [0, 0.05) is 26.2 Å². The second-order valence-corrected chi connectivity index (χ2v) is 7.67. The lowest BCUT2D eigenvalue weighted by Crippen LogP contribution is -2.43. The topological polar surface area (TPSA) is 77.0 Å². The third-order valence-corrected chi connectivity index (χ3v) is 5.57. The van der Waals surface area contributed by atoms with Gasteiger partial charge in [-0.1, -0.05) is 12.2 Å². The first kappa shape index (κ1) is 22.1. The summed E-state index contributed by atoms with van der Waals surface area (Å²) in [6.45, 7) is 5.48. The molecule has 4 atom stereocenters. The largest absolute Gasteiger partial charge is 0.357 e. The second-order valence-electron chi connectivity index (χ2n) is 7.67. The van der Waals surface area contributed by atoms with E-state index in [1.54, 1.807) is 0 Å². The maximum Gasteiger partial charge on any atom is 0.233 e. The maximum atomic E-state index is 12.7. The van der Waals surface area contributed by atoms with Crippen molar-refractivity contribution in [2.24, 2.45) is 28.7 Å². The Morgan fingerprint density at radius 2 is 1.81 bits per heavy atom. The average Bonchev–Trinajstić information content (AvgIpc) is 3.27. The Morgan fingerprint density at radius 1 is 1.19 bits per heavy atom. The summed E-state index contributed by atoms with van der Waals surface area (Å²) in [7, 11) is 4.10. The van der Waals surface area contributed by atoms with E-state index >= 15 is 0 Å². The van der Waals surface area contributed by atoms with E-state index in [2.05, 4.69) is 32.7 Å². The molecule has 0 aromatic rings. The van der Waals surface area contributed by atoms with Crippen LogP contribution in [0.25, 0.3) is 0 Å². The number of nitrogens with zero attached hydrogens (tertiary/aromatic N) is 3. The fraction of sp³-hybridized carbons (Fsp3) is 0.737. The van der Waals surface area contributed by atoms with Crippen molar-refractivity contribution in [2.45, 2.75) is 19.8 Å². The van der Waals surface area contributed by atoms with Gasteiger partial charge in [0.1, 0.15) is 0 Å². The first-order chi connectivity index (χ1) is 12.5. The Balaban J connectivity index is 0.00000261. The second kappa shape index (κ2) is 9.86. The van der Waals surface area contributed by atoms with E-state index in [4.69, 9.17) is 0 Å². The van der Waals surface area contributed by atoms with E-state index in [0.717, 1.165) is 38.4 Å². The molecule has 152 valence electrons. The molecule has 1 heterocycles. The summed E-state index contributed by atoms with van der Waals surface area (Å²) in [6, 6.07) is 0. The fourth-order valence-corrected chi connectivity index (χ4v) is 4.39. The van der Waals surface area contributed by atoms with Crippen LogP contribution in [0, 0.1) is 23.7 Å². The normalized spacial score (nSPS) is 28.7. The van der Waals surface area contributed by atoms with Crippen LogP contribution in [0.15, 0.2) is 17.1 Å². The highest BCUT2D eigenvalue weighted by molar-refractivity contribution is 14.0. The smallest absolute Gasteiger partial charge is 0.233 e. The monoisotopic (exact) mass is 489 g/mol. The number of rotatable bonds is 8. The number of aliphatic imine (C=N–C) groups is 1. The van der Waals surface area contributed by atoms with E-state index < -0.39 is 0 Å². The van der Waals surface area contributed by atoms with Crippen molar-refractivity contribution in [3.05, 3.63) is 12.2 Å². The first-order valence-electron chi connectivity index (χ1n) is 9.73. The van der Waals surface area contributed by atoms with Crippen LogP contribution in [0.5, 0.6) is 0 Å². The summed E-state index contributed by atoms with van der Waals surface area (Å²) in [5.41, 5.74) is 0. The van der Waals surface area contributed by atoms with Crippen LogP contribution in [-0.4, -0.2) is 74.4 Å². The summed E-state index contributed by atoms with van der Waals surface area (Å²) >= 11 is 0. The molecule has 2 bridgehead atoms. The number of halogens is 1. The zero-order valence-electron chi connectivity index (χ0n) is 16.5. The number of imide groups is 1. The summed E-state index contributed by atoms with van der Waals surface area (Å²) in [4.78, 5) is 33.5. The Hall–Kier alpha value is -1.16. The molecule has 4 unspecified atom stereocenters. The molecule has 2 aliphatic carbocycles. The number of hydrogen-bond donors (Lipinski definition) is 2. The Kier molecular flexibility index (Phi) is 8.08. The van der Waals surface area contributed by atoms with Gasteiger partial charge in [-0.3, -0.25) is 19.5 Å². The van der Waals surface area contributed by atoms with Crippen molar-refractivity contribution in [3.8, 4) is 0 Å². The Morgan fingerprint density at radius 3 is 2.37 bits per heavy atom. The van der Waals surface area contributed by atoms with Gasteiger partial charge in [0.05, 0.1) is 11.8 Å². The van der Waals surface area contributed by atoms with Crippen LogP contribution in [0.2, 0.25) is 0 Å². The van der Waals surface area contributed by atoms with Gasteiger partial charge < -0.3 is 15.5 Å². The number of hydrogen-bond acceptors (Lipinski definition) is 4. The predicted octanol–water partition coefficient (Wildman–Crippen LogP) is 0.918.